The van der Waals surface area contributed by atoms with Gasteiger partial charge in [-0.05, 0) is 18.7 Å². The van der Waals surface area contributed by atoms with Crippen LogP contribution in [0.2, 0.25) is 0 Å². The lowest BCUT2D eigenvalue weighted by Gasteiger charge is -2.22. The monoisotopic (exact) mass is 348 g/mol. The van der Waals surface area contributed by atoms with Gasteiger partial charge in [-0.15, -0.1) is 11.3 Å². The Balaban J connectivity index is 2.08. The highest BCUT2D eigenvalue weighted by molar-refractivity contribution is 7.13. The minimum atomic E-state index is -0.179. The number of carbonyl (C=O) groups is 1. The van der Waals surface area contributed by atoms with Gasteiger partial charge in [0.2, 0.25) is 0 Å². The molecule has 6 heteroatoms. The number of nitrogens with zero attached hydrogens (tertiary/aromatic N) is 2. The van der Waals surface area contributed by atoms with E-state index in [0.29, 0.717) is 13.1 Å². The van der Waals surface area contributed by atoms with Gasteiger partial charge in [-0.2, -0.15) is 0 Å². The fourth-order valence-electron chi connectivity index (χ4n) is 2.52. The Hall–Kier alpha value is -1.92. The van der Waals surface area contributed by atoms with Crippen LogP contribution in [0.1, 0.15) is 19.5 Å². The topological polar surface area (TPSA) is 51.7 Å². The molecular formula is C18H24N2O3S. The molecule has 0 radical (unpaired) electrons. The number of aromatic nitrogens is 1. The van der Waals surface area contributed by atoms with Crippen LogP contribution in [0.5, 0.6) is 5.75 Å². The van der Waals surface area contributed by atoms with E-state index in [-0.39, 0.29) is 11.9 Å². The fourth-order valence-corrected chi connectivity index (χ4v) is 3.36. The van der Waals surface area contributed by atoms with Crippen LogP contribution in [0, 0.1) is 5.92 Å². The van der Waals surface area contributed by atoms with Crippen molar-refractivity contribution in [3.05, 3.63) is 35.3 Å². The van der Waals surface area contributed by atoms with Gasteiger partial charge < -0.3 is 9.47 Å². The third kappa shape index (κ3) is 4.55. The second kappa shape index (κ2) is 8.80. The zero-order valence-corrected chi connectivity index (χ0v) is 15.4. The first-order valence-electron chi connectivity index (χ1n) is 7.97. The molecule has 0 saturated heterocycles. The van der Waals surface area contributed by atoms with Gasteiger partial charge >= 0.3 is 5.97 Å². The number of para-hydroxylation sites is 1. The van der Waals surface area contributed by atoms with E-state index in [9.17, 15) is 4.79 Å². The Morgan fingerprint density at radius 1 is 1.33 bits per heavy atom. The Morgan fingerprint density at radius 3 is 2.75 bits per heavy atom. The lowest BCUT2D eigenvalue weighted by atomic mass is 10.1. The van der Waals surface area contributed by atoms with Crippen LogP contribution < -0.4 is 4.74 Å². The normalized spacial score (nSPS) is 12.2. The van der Waals surface area contributed by atoms with E-state index in [1.807, 2.05) is 31.2 Å². The maximum atomic E-state index is 11.6. The summed E-state index contributed by atoms with van der Waals surface area (Å²) in [4.78, 5) is 18.5. The summed E-state index contributed by atoms with van der Waals surface area (Å²) in [5.41, 5.74) is 2.00. The van der Waals surface area contributed by atoms with Crippen LogP contribution in [0.25, 0.3) is 10.6 Å². The van der Waals surface area contributed by atoms with Crippen molar-refractivity contribution in [3.63, 3.8) is 0 Å². The number of esters is 1. The number of rotatable bonds is 8. The fraction of sp³-hybridized carbons (Fsp3) is 0.444. The predicted octanol–water partition coefficient (Wildman–Crippen LogP) is 3.45. The van der Waals surface area contributed by atoms with E-state index in [4.69, 9.17) is 14.5 Å². The van der Waals surface area contributed by atoms with Gasteiger partial charge in [-0.25, -0.2) is 4.98 Å². The second-order valence-corrected chi connectivity index (χ2v) is 6.45. The summed E-state index contributed by atoms with van der Waals surface area (Å²) in [6.45, 7) is 6.18. The molecule has 0 aliphatic rings. The predicted molar refractivity (Wildman–Crippen MR) is 96.2 cm³/mol. The molecule has 0 N–H and O–H groups in total. The number of hydrogen-bond acceptors (Lipinski definition) is 6. The van der Waals surface area contributed by atoms with Gasteiger partial charge in [-0.1, -0.05) is 26.0 Å². The number of benzene rings is 1. The summed E-state index contributed by atoms with van der Waals surface area (Å²) >= 11 is 1.60. The van der Waals surface area contributed by atoms with Crippen molar-refractivity contribution in [1.82, 2.24) is 9.88 Å². The van der Waals surface area contributed by atoms with E-state index in [2.05, 4.69) is 17.2 Å². The molecule has 5 nitrogen and oxygen atoms in total. The summed E-state index contributed by atoms with van der Waals surface area (Å²) in [5, 5.41) is 3.01. The molecule has 1 atom stereocenters. The minimum Gasteiger partial charge on any atom is -0.496 e. The van der Waals surface area contributed by atoms with Gasteiger partial charge in [0, 0.05) is 18.5 Å². The van der Waals surface area contributed by atoms with Crippen molar-refractivity contribution in [3.8, 4) is 16.3 Å². The van der Waals surface area contributed by atoms with Crippen LogP contribution in [-0.2, 0) is 16.1 Å². The molecule has 0 amide bonds. The molecule has 130 valence electrons. The Morgan fingerprint density at radius 2 is 2.08 bits per heavy atom. The van der Waals surface area contributed by atoms with Crippen molar-refractivity contribution >= 4 is 17.3 Å². The van der Waals surface area contributed by atoms with Gasteiger partial charge in [0.25, 0.3) is 0 Å². The molecule has 0 saturated carbocycles. The first-order valence-corrected chi connectivity index (χ1v) is 8.85. The summed E-state index contributed by atoms with van der Waals surface area (Å²) in [7, 11) is 3.09. The number of carbonyl (C=O) groups excluding carboxylic acids is 1. The van der Waals surface area contributed by atoms with E-state index in [0.717, 1.165) is 28.6 Å². The zero-order valence-electron chi connectivity index (χ0n) is 14.6. The highest BCUT2D eigenvalue weighted by Gasteiger charge is 2.18. The Labute approximate surface area is 147 Å². The highest BCUT2D eigenvalue weighted by Crippen LogP contribution is 2.32. The Kier molecular flexibility index (Phi) is 6.75. The lowest BCUT2D eigenvalue weighted by Crippen LogP contribution is -2.32. The lowest BCUT2D eigenvalue weighted by molar-refractivity contribution is -0.145. The Bertz CT molecular complexity index is 672. The van der Waals surface area contributed by atoms with Gasteiger partial charge in [0.05, 0.1) is 31.4 Å². The van der Waals surface area contributed by atoms with E-state index in [1.165, 1.54) is 7.11 Å². The third-order valence-electron chi connectivity index (χ3n) is 3.86. The first kappa shape index (κ1) is 18.4. The standard InChI is InChI=1S/C18H24N2O3S/c1-5-20(10-13(2)18(21)23-4)11-14-12-24-17(19-14)15-8-6-7-9-16(15)22-3/h6-9,12-13H,5,10-11H2,1-4H3. The van der Waals surface area contributed by atoms with Crippen LogP contribution in [0.15, 0.2) is 29.6 Å². The maximum Gasteiger partial charge on any atom is 0.309 e. The summed E-state index contributed by atoms with van der Waals surface area (Å²) < 4.78 is 10.2. The number of hydrogen-bond donors (Lipinski definition) is 0. The van der Waals surface area contributed by atoms with Crippen molar-refractivity contribution in [2.45, 2.75) is 20.4 Å². The zero-order chi connectivity index (χ0) is 17.5. The van der Waals surface area contributed by atoms with Crippen LogP contribution >= 0.6 is 11.3 Å². The van der Waals surface area contributed by atoms with Crippen molar-refractivity contribution < 1.29 is 14.3 Å². The van der Waals surface area contributed by atoms with E-state index >= 15 is 0 Å². The van der Waals surface area contributed by atoms with Crippen molar-refractivity contribution in [2.75, 3.05) is 27.3 Å². The molecular weight excluding hydrogens is 324 g/mol. The SMILES string of the molecule is CCN(Cc1csc(-c2ccccc2OC)n1)CC(C)C(=O)OC. The summed E-state index contributed by atoms with van der Waals surface area (Å²) in [6.07, 6.45) is 0. The molecule has 1 unspecified atom stereocenters. The van der Waals surface area contributed by atoms with Gasteiger partial charge in [0.15, 0.2) is 0 Å². The van der Waals surface area contributed by atoms with E-state index in [1.54, 1.807) is 18.4 Å². The third-order valence-corrected chi connectivity index (χ3v) is 4.78. The largest absolute Gasteiger partial charge is 0.496 e. The smallest absolute Gasteiger partial charge is 0.309 e. The molecule has 2 aromatic rings. The maximum absolute atomic E-state index is 11.6. The quantitative estimate of drug-likeness (QED) is 0.684. The molecule has 0 spiro atoms. The molecule has 0 aliphatic heterocycles. The molecule has 0 bridgehead atoms. The second-order valence-electron chi connectivity index (χ2n) is 5.60. The first-order chi connectivity index (χ1) is 11.6. The van der Waals surface area contributed by atoms with Crippen molar-refractivity contribution in [2.24, 2.45) is 5.92 Å². The molecule has 1 heterocycles. The molecule has 24 heavy (non-hydrogen) atoms. The molecule has 2 rings (SSSR count). The number of thiazole rings is 1. The summed E-state index contributed by atoms with van der Waals surface area (Å²) in [6, 6.07) is 7.88. The molecule has 1 aromatic heterocycles. The number of methoxy groups -OCH3 is 2. The minimum absolute atomic E-state index is 0.151. The average molecular weight is 348 g/mol. The number of ether oxygens (including phenoxy) is 2. The van der Waals surface area contributed by atoms with Crippen LogP contribution in [0.4, 0.5) is 0 Å². The van der Waals surface area contributed by atoms with Gasteiger partial charge in [-0.3, -0.25) is 9.69 Å². The van der Waals surface area contributed by atoms with Crippen LogP contribution in [0.3, 0.4) is 0 Å². The molecule has 1 aromatic carbocycles. The highest BCUT2D eigenvalue weighted by atomic mass is 32.1. The molecule has 0 aliphatic carbocycles. The summed E-state index contributed by atoms with van der Waals surface area (Å²) in [5.74, 6) is 0.494. The van der Waals surface area contributed by atoms with Gasteiger partial charge in [0.1, 0.15) is 10.8 Å². The van der Waals surface area contributed by atoms with E-state index < -0.39 is 0 Å². The average Bonchev–Trinajstić information content (AvgIpc) is 3.08. The molecule has 0 fully saturated rings. The van der Waals surface area contributed by atoms with Crippen LogP contribution in [-0.4, -0.2) is 43.2 Å². The van der Waals surface area contributed by atoms with Crippen molar-refractivity contribution in [1.29, 1.82) is 0 Å².